The average Bonchev–Trinajstić information content (AvgIpc) is 3.99. The monoisotopic (exact) mass is 863 g/mol. The number of amides is 3. The van der Waals surface area contributed by atoms with E-state index in [0.717, 1.165) is 108 Å². The number of rotatable bonds is 11. The first-order valence-electron chi connectivity index (χ1n) is 22.6. The minimum Gasteiger partial charge on any atom is -0.372 e. The van der Waals surface area contributed by atoms with Gasteiger partial charge < -0.3 is 24.6 Å². The summed E-state index contributed by atoms with van der Waals surface area (Å²) in [6.45, 7) is 17.0. The minimum absolute atomic E-state index is 0.0482. The molecule has 3 N–H and O–H groups in total. The van der Waals surface area contributed by atoms with Gasteiger partial charge in [-0.05, 0) is 105 Å². The van der Waals surface area contributed by atoms with Gasteiger partial charge in [0.1, 0.15) is 17.8 Å². The Labute approximate surface area is 373 Å². The van der Waals surface area contributed by atoms with Crippen molar-refractivity contribution in [3.63, 3.8) is 0 Å². The molecule has 0 radical (unpaired) electrons. The Morgan fingerprint density at radius 2 is 1.66 bits per heavy atom. The van der Waals surface area contributed by atoms with E-state index in [1.54, 1.807) is 6.33 Å². The summed E-state index contributed by atoms with van der Waals surface area (Å²) in [5, 5.41) is 10.4. The number of H-pyrrole nitrogens is 1. The van der Waals surface area contributed by atoms with Crippen LogP contribution in [0.5, 0.6) is 0 Å². The van der Waals surface area contributed by atoms with E-state index in [1.165, 1.54) is 24.9 Å². The fourth-order valence-electron chi connectivity index (χ4n) is 9.30. The number of aromatic amines is 1. The highest BCUT2D eigenvalue weighted by atomic mass is 16.5. The summed E-state index contributed by atoms with van der Waals surface area (Å²) in [7, 11) is 0. The standard InChI is InChI=1S/C49H57N11O4/c1-30-26-34(8-12-37(30)31(2)53-46(63)47-56-48(57-64-47)49(3,4)5)43-39-27-40(54-44(39)52-29-51-43)35-9-14-41(50-28-35)60-24-22-58(23-25-60)19-16-32-17-20-59(21-18-32)36-10-6-33(7-11-36)38-13-15-42(61)55-45(38)62/h6-12,14,26-29,31-32,38H,13,15-25H2,1-5H3,(H,53,63)(H,51,52,54)(H,55,61,62)/t31?,38-/m1/s1. The van der Waals surface area contributed by atoms with E-state index in [2.05, 4.69) is 94.0 Å². The number of imide groups is 1. The van der Waals surface area contributed by atoms with E-state index in [0.29, 0.717) is 18.7 Å². The van der Waals surface area contributed by atoms with Crippen LogP contribution in [0.1, 0.15) is 105 Å². The lowest BCUT2D eigenvalue weighted by molar-refractivity contribution is -0.134. The predicted octanol–water partition coefficient (Wildman–Crippen LogP) is 7.12. The normalized spacial score (nSPS) is 18.4. The number of piperazine rings is 1. The molecular formula is C49H57N11O4. The molecule has 3 aliphatic rings. The Balaban J connectivity index is 0.750. The molecule has 0 bridgehead atoms. The highest BCUT2D eigenvalue weighted by Crippen LogP contribution is 2.33. The zero-order valence-electron chi connectivity index (χ0n) is 37.4. The fourth-order valence-corrected chi connectivity index (χ4v) is 9.30. The van der Waals surface area contributed by atoms with Gasteiger partial charge in [-0.2, -0.15) is 4.98 Å². The largest absolute Gasteiger partial charge is 0.372 e. The quantitative estimate of drug-likeness (QED) is 0.113. The van der Waals surface area contributed by atoms with Crippen molar-refractivity contribution in [3.05, 3.63) is 102 Å². The van der Waals surface area contributed by atoms with Gasteiger partial charge in [-0.15, -0.1) is 0 Å². The molecule has 3 fully saturated rings. The first kappa shape index (κ1) is 42.8. The number of benzene rings is 2. The van der Waals surface area contributed by atoms with E-state index in [1.807, 2.05) is 52.9 Å². The summed E-state index contributed by atoms with van der Waals surface area (Å²) in [5.41, 5.74) is 8.29. The number of fused-ring (bicyclic) bond motifs is 1. The van der Waals surface area contributed by atoms with Crippen molar-refractivity contribution >= 4 is 40.3 Å². The predicted molar refractivity (Wildman–Crippen MR) is 246 cm³/mol. The van der Waals surface area contributed by atoms with Crippen LogP contribution < -0.4 is 20.4 Å². The van der Waals surface area contributed by atoms with Gasteiger partial charge in [-0.3, -0.25) is 24.6 Å². The van der Waals surface area contributed by atoms with E-state index < -0.39 is 5.91 Å². The Hall–Kier alpha value is -6.48. The molecule has 15 nitrogen and oxygen atoms in total. The highest BCUT2D eigenvalue weighted by Gasteiger charge is 2.29. The number of nitrogens with one attached hydrogen (secondary N) is 3. The summed E-state index contributed by atoms with van der Waals surface area (Å²) in [6.07, 6.45) is 8.09. The third-order valence-corrected chi connectivity index (χ3v) is 13.2. The molecule has 9 rings (SSSR count). The second-order valence-corrected chi connectivity index (χ2v) is 18.7. The maximum absolute atomic E-state index is 12.9. The Morgan fingerprint density at radius 3 is 2.34 bits per heavy atom. The molecule has 3 amide bonds. The Bertz CT molecular complexity index is 2630. The van der Waals surface area contributed by atoms with Crippen molar-refractivity contribution < 1.29 is 18.9 Å². The molecule has 332 valence electrons. The number of nitrogens with zero attached hydrogens (tertiary/aromatic N) is 8. The lowest BCUT2D eigenvalue weighted by Crippen LogP contribution is -2.47. The van der Waals surface area contributed by atoms with Crippen molar-refractivity contribution in [3.8, 4) is 22.5 Å². The number of piperidine rings is 2. The Kier molecular flexibility index (Phi) is 12.0. The van der Waals surface area contributed by atoms with Gasteiger partial charge in [0.2, 0.25) is 11.8 Å². The lowest BCUT2D eigenvalue weighted by atomic mass is 9.90. The second kappa shape index (κ2) is 17.9. The maximum atomic E-state index is 12.9. The number of anilines is 2. The molecule has 2 aromatic carbocycles. The van der Waals surface area contributed by atoms with Crippen LogP contribution in [0.2, 0.25) is 0 Å². The van der Waals surface area contributed by atoms with Crippen LogP contribution in [0.15, 0.2) is 77.7 Å². The molecule has 3 saturated heterocycles. The summed E-state index contributed by atoms with van der Waals surface area (Å²) in [4.78, 5) is 66.2. The zero-order valence-corrected chi connectivity index (χ0v) is 37.4. The number of carbonyl (C=O) groups is 3. The minimum atomic E-state index is -0.409. The van der Waals surface area contributed by atoms with E-state index in [-0.39, 0.29) is 35.1 Å². The van der Waals surface area contributed by atoms with Crippen LogP contribution in [-0.4, -0.2) is 98.5 Å². The second-order valence-electron chi connectivity index (χ2n) is 18.7. The van der Waals surface area contributed by atoms with E-state index in [9.17, 15) is 14.4 Å². The number of pyridine rings is 1. The molecule has 2 atom stereocenters. The molecular weight excluding hydrogens is 807 g/mol. The number of aromatic nitrogens is 6. The number of carbonyl (C=O) groups excluding carboxylic acids is 3. The molecule has 7 heterocycles. The van der Waals surface area contributed by atoms with E-state index in [4.69, 9.17) is 14.5 Å². The van der Waals surface area contributed by atoms with Gasteiger partial charge in [0, 0.05) is 85.2 Å². The maximum Gasteiger partial charge on any atom is 0.315 e. The molecule has 1 unspecified atom stereocenters. The van der Waals surface area contributed by atoms with Gasteiger partial charge >= 0.3 is 11.8 Å². The molecule has 0 aliphatic carbocycles. The number of hydrogen-bond donors (Lipinski definition) is 3. The third kappa shape index (κ3) is 9.26. The van der Waals surface area contributed by atoms with Crippen LogP contribution in [0.3, 0.4) is 0 Å². The number of hydrogen-bond acceptors (Lipinski definition) is 12. The van der Waals surface area contributed by atoms with Crippen LogP contribution in [-0.2, 0) is 15.0 Å². The third-order valence-electron chi connectivity index (χ3n) is 13.2. The van der Waals surface area contributed by atoms with Crippen molar-refractivity contribution in [2.75, 3.05) is 55.6 Å². The van der Waals surface area contributed by atoms with Crippen LogP contribution >= 0.6 is 0 Å². The topological polar surface area (TPSA) is 178 Å². The van der Waals surface area contributed by atoms with Crippen molar-refractivity contribution in [1.82, 2.24) is 45.6 Å². The van der Waals surface area contributed by atoms with Gasteiger partial charge in [-0.25, -0.2) is 15.0 Å². The smallest absolute Gasteiger partial charge is 0.315 e. The SMILES string of the molecule is Cc1cc(-c2ncnc3[nH]c(-c4ccc(N5CCN(CCC6CCN(c7ccc([C@H]8CCC(=O)NC8=O)cc7)CC6)CC5)nc4)cc23)ccc1C(C)NC(=O)c1nc(C(C)(C)C)no1. The van der Waals surface area contributed by atoms with Crippen molar-refractivity contribution in [1.29, 1.82) is 0 Å². The van der Waals surface area contributed by atoms with E-state index >= 15 is 0 Å². The van der Waals surface area contributed by atoms with Gasteiger partial charge in [-0.1, -0.05) is 50.2 Å². The molecule has 6 aromatic rings. The van der Waals surface area contributed by atoms with Crippen LogP contribution in [0, 0.1) is 12.8 Å². The zero-order chi connectivity index (χ0) is 44.5. The van der Waals surface area contributed by atoms with Crippen LogP contribution in [0.25, 0.3) is 33.5 Å². The first-order chi connectivity index (χ1) is 30.9. The highest BCUT2D eigenvalue weighted by molar-refractivity contribution is 6.01. The summed E-state index contributed by atoms with van der Waals surface area (Å²) >= 11 is 0. The molecule has 3 aliphatic heterocycles. The summed E-state index contributed by atoms with van der Waals surface area (Å²) < 4.78 is 5.25. The Morgan fingerprint density at radius 1 is 0.891 bits per heavy atom. The first-order valence-corrected chi connectivity index (χ1v) is 22.6. The fraction of sp³-hybridized carbons (Fsp3) is 0.429. The molecule has 0 spiro atoms. The summed E-state index contributed by atoms with van der Waals surface area (Å²) in [6, 6.07) is 20.6. The molecule has 4 aromatic heterocycles. The van der Waals surface area contributed by atoms with Gasteiger partial charge in [0.25, 0.3) is 0 Å². The number of aryl methyl sites for hydroxylation is 1. The molecule has 64 heavy (non-hydrogen) atoms. The van der Waals surface area contributed by atoms with Gasteiger partial charge in [0.15, 0.2) is 5.82 Å². The summed E-state index contributed by atoms with van der Waals surface area (Å²) in [5.74, 6) is 1.15. The van der Waals surface area contributed by atoms with Crippen molar-refractivity contribution in [2.45, 2.75) is 84.1 Å². The lowest BCUT2D eigenvalue weighted by Gasteiger charge is -2.37. The van der Waals surface area contributed by atoms with Gasteiger partial charge in [0.05, 0.1) is 17.7 Å². The molecule has 0 saturated carbocycles. The van der Waals surface area contributed by atoms with Crippen molar-refractivity contribution in [2.24, 2.45) is 5.92 Å². The average molecular weight is 864 g/mol. The van der Waals surface area contributed by atoms with Crippen LogP contribution in [0.4, 0.5) is 11.5 Å². The molecule has 15 heteroatoms.